The highest BCUT2D eigenvalue weighted by molar-refractivity contribution is 5.64. The summed E-state index contributed by atoms with van der Waals surface area (Å²) in [6.07, 6.45) is 4.57. The Labute approximate surface area is 66.8 Å². The lowest BCUT2D eigenvalue weighted by Crippen LogP contribution is -2.63. The molecule has 3 fully saturated rings. The number of fused-ring (bicyclic) bond motifs is 3. The summed E-state index contributed by atoms with van der Waals surface area (Å²) in [6.45, 7) is 2.81. The van der Waals surface area contributed by atoms with E-state index < -0.39 is 0 Å². The Morgan fingerprint density at radius 1 is 1.45 bits per heavy atom. The second kappa shape index (κ2) is 2.21. The van der Waals surface area contributed by atoms with E-state index in [0.29, 0.717) is 4.48 Å². The van der Waals surface area contributed by atoms with Crippen LogP contribution in [0.3, 0.4) is 0 Å². The molecule has 3 nitrogen and oxygen atoms in total. The van der Waals surface area contributed by atoms with Gasteiger partial charge >= 0.3 is 6.03 Å². The van der Waals surface area contributed by atoms with Crippen molar-refractivity contribution in [3.63, 3.8) is 0 Å². The van der Waals surface area contributed by atoms with Gasteiger partial charge in [0.05, 0.1) is 19.6 Å². The molecule has 11 heavy (non-hydrogen) atoms. The molecule has 61 valence electrons. The average molecular weight is 154 g/mol. The van der Waals surface area contributed by atoms with Gasteiger partial charge in [0.25, 0.3) is 0 Å². The van der Waals surface area contributed by atoms with Gasteiger partial charge in [0.15, 0.2) is 0 Å². The molecule has 0 unspecified atom stereocenters. The number of rotatable bonds is 0. The van der Waals surface area contributed by atoms with Gasteiger partial charge in [-0.2, -0.15) is 0 Å². The van der Waals surface area contributed by atoms with E-state index in [1.807, 2.05) is 0 Å². The molecule has 0 aromatic carbocycles. The number of amides is 2. The second-order valence-corrected chi connectivity index (χ2v) is 3.69. The molecule has 0 saturated carbocycles. The first-order valence-electron chi connectivity index (χ1n) is 4.22. The molecule has 0 aromatic rings. The van der Waals surface area contributed by atoms with Gasteiger partial charge in [0.1, 0.15) is 0 Å². The van der Waals surface area contributed by atoms with Gasteiger partial charge in [-0.15, -0.1) is 0 Å². The van der Waals surface area contributed by atoms with Crippen LogP contribution in [0.5, 0.6) is 0 Å². The molecule has 0 aromatic heterocycles. The molecule has 3 heterocycles. The summed E-state index contributed by atoms with van der Waals surface area (Å²) in [5, 5.41) is 0. The van der Waals surface area contributed by atoms with Crippen molar-refractivity contribution in [3.05, 3.63) is 6.42 Å². The van der Waals surface area contributed by atoms with E-state index in [4.69, 9.17) is 5.73 Å². The minimum atomic E-state index is -0.139. The van der Waals surface area contributed by atoms with Crippen LogP contribution in [0.25, 0.3) is 0 Å². The molecular weight excluding hydrogens is 140 g/mol. The SMILES string of the molecule is NC(=O)[N+]12C[CH]C(CC1)CC2. The van der Waals surface area contributed by atoms with Crippen molar-refractivity contribution in [2.24, 2.45) is 11.7 Å². The summed E-state index contributed by atoms with van der Waals surface area (Å²) >= 11 is 0. The van der Waals surface area contributed by atoms with Crippen LogP contribution in [-0.4, -0.2) is 30.1 Å². The first kappa shape index (κ1) is 7.10. The molecule has 0 atom stereocenters. The van der Waals surface area contributed by atoms with E-state index in [1.54, 1.807) is 0 Å². The number of carbonyl (C=O) groups excluding carboxylic acids is 1. The van der Waals surface area contributed by atoms with Gasteiger partial charge in [-0.25, -0.2) is 9.28 Å². The Balaban J connectivity index is 2.18. The number of primary amides is 1. The first-order chi connectivity index (χ1) is 5.23. The summed E-state index contributed by atoms with van der Waals surface area (Å²) < 4.78 is 0.524. The fourth-order valence-corrected chi connectivity index (χ4v) is 2.16. The van der Waals surface area contributed by atoms with E-state index in [9.17, 15) is 4.79 Å². The Morgan fingerprint density at radius 3 is 2.36 bits per heavy atom. The van der Waals surface area contributed by atoms with Crippen molar-refractivity contribution < 1.29 is 9.28 Å². The van der Waals surface area contributed by atoms with Crippen molar-refractivity contribution in [1.29, 1.82) is 0 Å². The van der Waals surface area contributed by atoms with Gasteiger partial charge in [0, 0.05) is 19.3 Å². The number of piperidine rings is 3. The predicted octanol–water partition coefficient (Wildman–Crippen LogP) is 0.510. The van der Waals surface area contributed by atoms with Gasteiger partial charge in [0.2, 0.25) is 0 Å². The van der Waals surface area contributed by atoms with Crippen LogP contribution in [0.15, 0.2) is 0 Å². The number of urea groups is 1. The van der Waals surface area contributed by atoms with E-state index in [1.165, 1.54) is 0 Å². The van der Waals surface area contributed by atoms with Crippen molar-refractivity contribution in [3.8, 4) is 0 Å². The molecule has 3 aliphatic heterocycles. The maximum absolute atomic E-state index is 11.1. The van der Waals surface area contributed by atoms with Crippen molar-refractivity contribution in [1.82, 2.24) is 0 Å². The van der Waals surface area contributed by atoms with Crippen LogP contribution in [0.4, 0.5) is 4.79 Å². The number of carbonyl (C=O) groups is 1. The van der Waals surface area contributed by atoms with E-state index >= 15 is 0 Å². The fraction of sp³-hybridized carbons (Fsp3) is 0.750. The van der Waals surface area contributed by atoms with Crippen LogP contribution < -0.4 is 5.73 Å². The summed E-state index contributed by atoms with van der Waals surface area (Å²) in [5.74, 6) is 0.773. The van der Waals surface area contributed by atoms with Gasteiger partial charge in [-0.3, -0.25) is 0 Å². The highest BCUT2D eigenvalue weighted by atomic mass is 16.2. The maximum Gasteiger partial charge on any atom is 0.414 e. The van der Waals surface area contributed by atoms with Crippen molar-refractivity contribution in [2.45, 2.75) is 12.8 Å². The highest BCUT2D eigenvalue weighted by Gasteiger charge is 2.44. The molecule has 3 heteroatoms. The molecule has 3 saturated heterocycles. The average Bonchev–Trinajstić information content (AvgIpc) is 2.08. The zero-order chi connectivity index (χ0) is 7.90. The molecule has 1 radical (unpaired) electrons. The van der Waals surface area contributed by atoms with Crippen LogP contribution in [-0.2, 0) is 0 Å². The smallest absolute Gasteiger partial charge is 0.319 e. The molecule has 2 bridgehead atoms. The molecule has 2 amide bonds. The summed E-state index contributed by atoms with van der Waals surface area (Å²) in [5.41, 5.74) is 5.35. The number of nitrogens with two attached hydrogens (primary N) is 1. The standard InChI is InChI=1S/C8H13N2O/c9-8(11)10-4-1-7(2-5-10)3-6-10/h1,7H,2-6H2,(H-,9,11)/p+1. The van der Waals surface area contributed by atoms with Crippen LogP contribution in [0, 0.1) is 12.3 Å². The quantitative estimate of drug-likeness (QED) is 0.507. The number of hydrogen-bond acceptors (Lipinski definition) is 1. The Morgan fingerprint density at radius 2 is 2.09 bits per heavy atom. The highest BCUT2D eigenvalue weighted by Crippen LogP contribution is 2.32. The first-order valence-corrected chi connectivity index (χ1v) is 4.22. The second-order valence-electron chi connectivity index (χ2n) is 3.69. The molecule has 3 aliphatic rings. The number of nitrogens with zero attached hydrogens (tertiary/aromatic N) is 1. The molecule has 0 spiro atoms. The third kappa shape index (κ3) is 0.948. The Kier molecular flexibility index (Phi) is 1.42. The van der Waals surface area contributed by atoms with Gasteiger partial charge in [-0.1, -0.05) is 0 Å². The number of hydrogen-bond donors (Lipinski definition) is 1. The lowest BCUT2D eigenvalue weighted by atomic mass is 9.86. The molecular formula is C8H14N2O+. The van der Waals surface area contributed by atoms with E-state index in [2.05, 4.69) is 6.42 Å². The monoisotopic (exact) mass is 154 g/mol. The fourth-order valence-electron chi connectivity index (χ4n) is 2.16. The third-order valence-electron chi connectivity index (χ3n) is 3.11. The maximum atomic E-state index is 11.1. The van der Waals surface area contributed by atoms with E-state index in [-0.39, 0.29) is 6.03 Å². The summed E-state index contributed by atoms with van der Waals surface area (Å²) in [7, 11) is 0. The van der Waals surface area contributed by atoms with Crippen LogP contribution in [0.1, 0.15) is 12.8 Å². The lowest BCUT2D eigenvalue weighted by molar-refractivity contribution is -0.859. The zero-order valence-electron chi connectivity index (χ0n) is 6.62. The van der Waals surface area contributed by atoms with Crippen LogP contribution in [0.2, 0.25) is 0 Å². The minimum absolute atomic E-state index is 0.139. The topological polar surface area (TPSA) is 43.1 Å². The normalized spacial score (nSPS) is 42.4. The molecule has 3 rings (SSSR count). The van der Waals surface area contributed by atoms with Crippen molar-refractivity contribution in [2.75, 3.05) is 19.6 Å². The molecule has 0 aliphatic carbocycles. The third-order valence-corrected chi connectivity index (χ3v) is 3.11. The summed E-state index contributed by atoms with van der Waals surface area (Å²) in [4.78, 5) is 11.1. The minimum Gasteiger partial charge on any atom is -0.319 e. The summed E-state index contributed by atoms with van der Waals surface area (Å²) in [6, 6.07) is -0.139. The van der Waals surface area contributed by atoms with Gasteiger partial charge < -0.3 is 5.73 Å². The Bertz CT molecular complexity index is 169. The molecule has 2 N–H and O–H groups in total. The predicted molar refractivity (Wildman–Crippen MR) is 41.5 cm³/mol. The van der Waals surface area contributed by atoms with Crippen molar-refractivity contribution >= 4 is 6.03 Å². The largest absolute Gasteiger partial charge is 0.414 e. The zero-order valence-corrected chi connectivity index (χ0v) is 6.62. The van der Waals surface area contributed by atoms with E-state index in [0.717, 1.165) is 38.4 Å². The lowest BCUT2D eigenvalue weighted by Gasteiger charge is -2.45. The Hall–Kier alpha value is -0.570. The number of quaternary nitrogens is 1. The van der Waals surface area contributed by atoms with Gasteiger partial charge in [-0.05, 0) is 5.92 Å². The van der Waals surface area contributed by atoms with Crippen LogP contribution >= 0.6 is 0 Å².